The lowest BCUT2D eigenvalue weighted by molar-refractivity contribution is 0.174. The topological polar surface area (TPSA) is 74.9 Å². The van der Waals surface area contributed by atoms with E-state index >= 15 is 0 Å². The van der Waals surface area contributed by atoms with Gasteiger partial charge in [0.1, 0.15) is 18.2 Å². The van der Waals surface area contributed by atoms with Crippen molar-refractivity contribution in [3.05, 3.63) is 105 Å². The van der Waals surface area contributed by atoms with E-state index in [1.165, 1.54) is 4.68 Å². The van der Waals surface area contributed by atoms with Crippen LogP contribution in [0.5, 0.6) is 17.2 Å². The Hall–Kier alpha value is -4.17. The van der Waals surface area contributed by atoms with Crippen LogP contribution in [0.2, 0.25) is 0 Å². The van der Waals surface area contributed by atoms with E-state index in [0.29, 0.717) is 34.8 Å². The zero-order chi connectivity index (χ0) is 26.9. The van der Waals surface area contributed by atoms with Gasteiger partial charge >= 0.3 is 0 Å². The van der Waals surface area contributed by atoms with Gasteiger partial charge in [-0.3, -0.25) is 4.79 Å². The standard InChI is InChI=1S/C31H26BrN3O4/c1-3-19(2)30-34-26-11-10-22(32)15-24(26)31(36)35(30)33-16-25-23-7-5-4-6-21(23)9-13-27(25)37-17-20-8-12-28-29(14-20)39-18-38-28/h4-16,19H,3,17-18H2,1-2H3/t19-/m0/s1. The first-order valence-electron chi connectivity index (χ1n) is 12.8. The monoisotopic (exact) mass is 583 g/mol. The smallest absolute Gasteiger partial charge is 0.282 e. The normalized spacial score (nSPS) is 13.4. The molecule has 0 bridgehead atoms. The number of hydrogen-bond acceptors (Lipinski definition) is 6. The molecule has 0 spiro atoms. The van der Waals surface area contributed by atoms with E-state index < -0.39 is 0 Å². The van der Waals surface area contributed by atoms with Gasteiger partial charge in [0, 0.05) is 16.0 Å². The number of nitrogens with zero attached hydrogens (tertiary/aromatic N) is 3. The fourth-order valence-corrected chi connectivity index (χ4v) is 4.98. The zero-order valence-electron chi connectivity index (χ0n) is 21.6. The van der Waals surface area contributed by atoms with Crippen molar-refractivity contribution in [2.45, 2.75) is 32.8 Å². The summed E-state index contributed by atoms with van der Waals surface area (Å²) in [4.78, 5) is 18.5. The third kappa shape index (κ3) is 4.88. The van der Waals surface area contributed by atoms with Gasteiger partial charge in [0.15, 0.2) is 11.5 Å². The van der Waals surface area contributed by atoms with Crippen LogP contribution in [0, 0.1) is 0 Å². The van der Waals surface area contributed by atoms with Crippen molar-refractivity contribution in [1.29, 1.82) is 0 Å². The Morgan fingerprint density at radius 2 is 1.90 bits per heavy atom. The lowest BCUT2D eigenvalue weighted by Gasteiger charge is -2.15. The summed E-state index contributed by atoms with van der Waals surface area (Å²) in [5, 5.41) is 7.25. The Morgan fingerprint density at radius 3 is 2.77 bits per heavy atom. The molecule has 0 saturated heterocycles. The Bertz CT molecular complexity index is 1800. The largest absolute Gasteiger partial charge is 0.488 e. The maximum absolute atomic E-state index is 13.6. The molecular formula is C31H26BrN3O4. The number of rotatable bonds is 7. The van der Waals surface area contributed by atoms with Crippen molar-refractivity contribution >= 4 is 43.8 Å². The number of halogens is 1. The molecule has 5 aromatic rings. The second-order valence-corrected chi connectivity index (χ2v) is 10.4. The van der Waals surface area contributed by atoms with Gasteiger partial charge in [0.05, 0.1) is 17.1 Å². The first kappa shape index (κ1) is 25.1. The van der Waals surface area contributed by atoms with Crippen LogP contribution >= 0.6 is 15.9 Å². The minimum absolute atomic E-state index is 0.0390. The van der Waals surface area contributed by atoms with Gasteiger partial charge in [-0.15, -0.1) is 0 Å². The minimum atomic E-state index is -0.212. The molecule has 7 nitrogen and oxygen atoms in total. The molecule has 6 rings (SSSR count). The van der Waals surface area contributed by atoms with E-state index in [1.807, 2.05) is 66.7 Å². The highest BCUT2D eigenvalue weighted by Crippen LogP contribution is 2.33. The summed E-state index contributed by atoms with van der Waals surface area (Å²) < 4.78 is 19.5. The van der Waals surface area contributed by atoms with Gasteiger partial charge in [0.25, 0.3) is 5.56 Å². The summed E-state index contributed by atoms with van der Waals surface area (Å²) in [6.45, 7) is 4.68. The van der Waals surface area contributed by atoms with Crippen LogP contribution in [0.15, 0.2) is 87.2 Å². The lowest BCUT2D eigenvalue weighted by Crippen LogP contribution is -2.23. The van der Waals surface area contributed by atoms with Crippen LogP contribution in [0.1, 0.15) is 43.1 Å². The number of ether oxygens (including phenoxy) is 3. The van der Waals surface area contributed by atoms with Gasteiger partial charge < -0.3 is 14.2 Å². The molecule has 1 atom stereocenters. The van der Waals surface area contributed by atoms with Crippen molar-refractivity contribution in [2.24, 2.45) is 5.10 Å². The number of hydrogen-bond donors (Lipinski definition) is 0. The third-order valence-corrected chi connectivity index (χ3v) is 7.44. The number of aromatic nitrogens is 2. The van der Waals surface area contributed by atoms with Gasteiger partial charge in [-0.1, -0.05) is 66.2 Å². The van der Waals surface area contributed by atoms with E-state index in [-0.39, 0.29) is 18.3 Å². The third-order valence-electron chi connectivity index (χ3n) is 6.95. The van der Waals surface area contributed by atoms with E-state index in [2.05, 4.69) is 29.8 Å². The van der Waals surface area contributed by atoms with Crippen LogP contribution < -0.4 is 19.8 Å². The Balaban J connectivity index is 1.43. The summed E-state index contributed by atoms with van der Waals surface area (Å²) >= 11 is 3.47. The molecule has 196 valence electrons. The Labute approximate surface area is 233 Å². The molecule has 0 radical (unpaired) electrons. The van der Waals surface area contributed by atoms with Crippen LogP contribution in [0.25, 0.3) is 21.7 Å². The quantitative estimate of drug-likeness (QED) is 0.192. The summed E-state index contributed by atoms with van der Waals surface area (Å²) in [5.74, 6) is 2.76. The molecule has 0 N–H and O–H groups in total. The molecule has 1 aromatic heterocycles. The summed E-state index contributed by atoms with van der Waals surface area (Å²) in [6, 6.07) is 23.3. The molecule has 1 aliphatic rings. The highest BCUT2D eigenvalue weighted by atomic mass is 79.9. The molecule has 4 aromatic carbocycles. The van der Waals surface area contributed by atoms with Crippen LogP contribution in [-0.4, -0.2) is 22.7 Å². The maximum Gasteiger partial charge on any atom is 0.282 e. The van der Waals surface area contributed by atoms with E-state index in [4.69, 9.17) is 24.3 Å². The highest BCUT2D eigenvalue weighted by Gasteiger charge is 2.17. The predicted octanol–water partition coefficient (Wildman–Crippen LogP) is 7.02. The van der Waals surface area contributed by atoms with E-state index in [9.17, 15) is 4.79 Å². The molecule has 0 unspecified atom stereocenters. The number of fused-ring (bicyclic) bond motifs is 3. The summed E-state index contributed by atoms with van der Waals surface area (Å²) in [7, 11) is 0. The SMILES string of the molecule is CC[C@H](C)c1nc2ccc(Br)cc2c(=O)n1N=Cc1c(OCc2ccc3c(c2)OCO3)ccc2ccccc12. The van der Waals surface area contributed by atoms with Gasteiger partial charge in [-0.25, -0.2) is 4.98 Å². The van der Waals surface area contributed by atoms with Gasteiger partial charge in [-0.05, 0) is 59.2 Å². The second kappa shape index (κ2) is 10.5. The molecule has 8 heteroatoms. The second-order valence-electron chi connectivity index (χ2n) is 9.48. The fraction of sp³-hybridized carbons (Fsp3) is 0.194. The minimum Gasteiger partial charge on any atom is -0.488 e. The molecule has 0 amide bonds. The van der Waals surface area contributed by atoms with Gasteiger partial charge in [-0.2, -0.15) is 9.78 Å². The molecular weight excluding hydrogens is 558 g/mol. The van der Waals surface area contributed by atoms with E-state index in [0.717, 1.165) is 38.5 Å². The average molecular weight is 584 g/mol. The summed E-state index contributed by atoms with van der Waals surface area (Å²) in [6.07, 6.45) is 2.53. The maximum atomic E-state index is 13.6. The molecule has 1 aliphatic heterocycles. The lowest BCUT2D eigenvalue weighted by atomic mass is 10.0. The van der Waals surface area contributed by atoms with Crippen molar-refractivity contribution in [2.75, 3.05) is 6.79 Å². The highest BCUT2D eigenvalue weighted by molar-refractivity contribution is 9.10. The fourth-order valence-electron chi connectivity index (χ4n) is 4.62. The summed E-state index contributed by atoms with van der Waals surface area (Å²) in [5.41, 5.74) is 2.18. The Kier molecular flexibility index (Phi) is 6.79. The predicted molar refractivity (Wildman–Crippen MR) is 156 cm³/mol. The molecule has 39 heavy (non-hydrogen) atoms. The van der Waals surface area contributed by atoms with Crippen molar-refractivity contribution in [1.82, 2.24) is 9.66 Å². The first-order chi connectivity index (χ1) is 19.0. The van der Waals surface area contributed by atoms with Crippen LogP contribution in [0.3, 0.4) is 0 Å². The van der Waals surface area contributed by atoms with Crippen LogP contribution in [0.4, 0.5) is 0 Å². The van der Waals surface area contributed by atoms with Crippen LogP contribution in [-0.2, 0) is 6.61 Å². The van der Waals surface area contributed by atoms with Gasteiger partial charge in [0.2, 0.25) is 6.79 Å². The molecule has 0 fully saturated rings. The number of benzene rings is 4. The van der Waals surface area contributed by atoms with Crippen molar-refractivity contribution in [3.8, 4) is 17.2 Å². The molecule has 2 heterocycles. The molecule has 0 aliphatic carbocycles. The average Bonchev–Trinajstić information content (AvgIpc) is 3.43. The van der Waals surface area contributed by atoms with E-state index in [1.54, 1.807) is 12.3 Å². The molecule has 0 saturated carbocycles. The first-order valence-corrected chi connectivity index (χ1v) is 13.6. The zero-order valence-corrected chi connectivity index (χ0v) is 23.1. The van der Waals surface area contributed by atoms with Crippen molar-refractivity contribution < 1.29 is 14.2 Å². The Morgan fingerprint density at radius 1 is 1.05 bits per heavy atom. The van der Waals surface area contributed by atoms with Crippen molar-refractivity contribution in [3.63, 3.8) is 0 Å².